The number of benzene rings is 1. The summed E-state index contributed by atoms with van der Waals surface area (Å²) < 4.78 is 15.0. The summed E-state index contributed by atoms with van der Waals surface area (Å²) >= 11 is 3.34. The highest BCUT2D eigenvalue weighted by Gasteiger charge is 2.24. The second-order valence-corrected chi connectivity index (χ2v) is 4.48. The van der Waals surface area contributed by atoms with E-state index in [0.29, 0.717) is 13.0 Å². The van der Waals surface area contributed by atoms with Gasteiger partial charge in [-0.3, -0.25) is 0 Å². The van der Waals surface area contributed by atoms with Gasteiger partial charge in [0.15, 0.2) is 0 Å². The zero-order valence-electron chi connectivity index (χ0n) is 8.48. The highest BCUT2D eigenvalue weighted by atomic mass is 79.9. The molecule has 0 bridgehead atoms. The van der Waals surface area contributed by atoms with Crippen molar-refractivity contribution >= 4 is 15.9 Å². The van der Waals surface area contributed by atoms with Crippen molar-refractivity contribution in [2.75, 3.05) is 13.6 Å². The fraction of sp³-hybridized carbons (Fsp3) is 0.455. The summed E-state index contributed by atoms with van der Waals surface area (Å²) in [6.45, 7) is 2.30. The Kier molecular flexibility index (Phi) is 4.08. The lowest BCUT2D eigenvalue weighted by molar-refractivity contribution is 0.177. The van der Waals surface area contributed by atoms with E-state index < -0.39 is 5.67 Å². The Labute approximate surface area is 92.8 Å². The zero-order valence-corrected chi connectivity index (χ0v) is 10.1. The van der Waals surface area contributed by atoms with Gasteiger partial charge in [-0.15, -0.1) is 0 Å². The van der Waals surface area contributed by atoms with E-state index >= 15 is 0 Å². The third kappa shape index (κ3) is 3.07. The van der Waals surface area contributed by atoms with Gasteiger partial charge in [-0.1, -0.05) is 28.1 Å². The van der Waals surface area contributed by atoms with Crippen molar-refractivity contribution in [3.63, 3.8) is 0 Å². The molecule has 1 unspecified atom stereocenters. The molecule has 0 aliphatic heterocycles. The fourth-order valence-electron chi connectivity index (χ4n) is 1.32. The van der Waals surface area contributed by atoms with Crippen LogP contribution in [0.15, 0.2) is 28.7 Å². The average molecular weight is 260 g/mol. The van der Waals surface area contributed by atoms with Gasteiger partial charge in [0.25, 0.3) is 0 Å². The Hall–Kier alpha value is -0.410. The van der Waals surface area contributed by atoms with Gasteiger partial charge in [0, 0.05) is 4.47 Å². The third-order valence-electron chi connectivity index (χ3n) is 2.27. The summed E-state index contributed by atoms with van der Waals surface area (Å²) in [6.07, 6.45) is 0.486. The van der Waals surface area contributed by atoms with Crippen molar-refractivity contribution in [2.24, 2.45) is 0 Å². The van der Waals surface area contributed by atoms with Crippen LogP contribution in [0.4, 0.5) is 4.39 Å². The van der Waals surface area contributed by atoms with Crippen LogP contribution >= 0.6 is 15.9 Å². The molecule has 1 N–H and O–H groups in total. The summed E-state index contributed by atoms with van der Waals surface area (Å²) in [7, 11) is 1.83. The lowest BCUT2D eigenvalue weighted by Crippen LogP contribution is -2.22. The number of hydrogen-bond donors (Lipinski definition) is 1. The van der Waals surface area contributed by atoms with Crippen molar-refractivity contribution in [1.29, 1.82) is 0 Å². The van der Waals surface area contributed by atoms with Gasteiger partial charge in [-0.05, 0) is 44.6 Å². The molecular formula is C11H15BrFN. The predicted octanol–water partition coefficient (Wildman–Crippen LogP) is 3.24. The summed E-state index contributed by atoms with van der Waals surface area (Å²) in [5.74, 6) is 0. The van der Waals surface area contributed by atoms with Crippen molar-refractivity contribution in [2.45, 2.75) is 19.0 Å². The molecule has 0 heterocycles. The van der Waals surface area contributed by atoms with Crippen LogP contribution < -0.4 is 5.32 Å². The van der Waals surface area contributed by atoms with E-state index in [1.165, 1.54) is 0 Å². The van der Waals surface area contributed by atoms with Crippen LogP contribution in [0.5, 0.6) is 0 Å². The Balaban J connectivity index is 2.80. The van der Waals surface area contributed by atoms with Crippen LogP contribution in [0, 0.1) is 0 Å². The van der Waals surface area contributed by atoms with Gasteiger partial charge in [0.1, 0.15) is 5.67 Å². The Morgan fingerprint density at radius 3 is 2.79 bits per heavy atom. The minimum Gasteiger partial charge on any atom is -0.320 e. The Morgan fingerprint density at radius 2 is 2.21 bits per heavy atom. The van der Waals surface area contributed by atoms with E-state index in [2.05, 4.69) is 21.2 Å². The van der Waals surface area contributed by atoms with E-state index in [1.54, 1.807) is 6.92 Å². The fourth-order valence-corrected chi connectivity index (χ4v) is 1.72. The minimum atomic E-state index is -1.26. The number of nitrogens with one attached hydrogen (secondary N) is 1. The summed E-state index contributed by atoms with van der Waals surface area (Å²) in [5.41, 5.74) is -0.533. The molecule has 1 aromatic carbocycles. The van der Waals surface area contributed by atoms with Crippen LogP contribution in [0.2, 0.25) is 0 Å². The molecule has 0 saturated carbocycles. The van der Waals surface area contributed by atoms with Crippen LogP contribution in [-0.2, 0) is 5.67 Å². The molecule has 3 heteroatoms. The van der Waals surface area contributed by atoms with E-state index in [4.69, 9.17) is 0 Å². The lowest BCUT2D eigenvalue weighted by atomic mass is 9.94. The SMILES string of the molecule is CNCCC(C)(F)c1cccc(Br)c1. The molecule has 0 aliphatic rings. The Morgan fingerprint density at radius 1 is 1.50 bits per heavy atom. The van der Waals surface area contributed by atoms with E-state index in [1.807, 2.05) is 31.3 Å². The maximum atomic E-state index is 14.1. The molecule has 0 aliphatic carbocycles. The van der Waals surface area contributed by atoms with Crippen molar-refractivity contribution in [3.8, 4) is 0 Å². The van der Waals surface area contributed by atoms with E-state index in [9.17, 15) is 4.39 Å². The van der Waals surface area contributed by atoms with Crippen LogP contribution in [0.25, 0.3) is 0 Å². The second-order valence-electron chi connectivity index (χ2n) is 3.56. The maximum Gasteiger partial charge on any atom is 0.134 e. The van der Waals surface area contributed by atoms with Crippen molar-refractivity contribution < 1.29 is 4.39 Å². The highest BCUT2D eigenvalue weighted by molar-refractivity contribution is 9.10. The third-order valence-corrected chi connectivity index (χ3v) is 2.76. The molecule has 0 spiro atoms. The summed E-state index contributed by atoms with van der Waals surface area (Å²) in [4.78, 5) is 0. The number of alkyl halides is 1. The number of halogens is 2. The molecular weight excluding hydrogens is 245 g/mol. The van der Waals surface area contributed by atoms with Crippen molar-refractivity contribution in [1.82, 2.24) is 5.32 Å². The van der Waals surface area contributed by atoms with Gasteiger partial charge < -0.3 is 5.32 Å². The van der Waals surface area contributed by atoms with Crippen LogP contribution in [0.3, 0.4) is 0 Å². The van der Waals surface area contributed by atoms with Gasteiger partial charge in [-0.25, -0.2) is 4.39 Å². The molecule has 1 nitrogen and oxygen atoms in total. The van der Waals surface area contributed by atoms with Gasteiger partial charge in [0.05, 0.1) is 0 Å². The molecule has 0 saturated heterocycles. The topological polar surface area (TPSA) is 12.0 Å². The van der Waals surface area contributed by atoms with E-state index in [-0.39, 0.29) is 0 Å². The largest absolute Gasteiger partial charge is 0.320 e. The maximum absolute atomic E-state index is 14.1. The summed E-state index contributed by atoms with van der Waals surface area (Å²) in [6, 6.07) is 7.41. The van der Waals surface area contributed by atoms with Crippen LogP contribution in [-0.4, -0.2) is 13.6 Å². The monoisotopic (exact) mass is 259 g/mol. The number of rotatable bonds is 4. The molecule has 0 amide bonds. The minimum absolute atomic E-state index is 0.486. The first-order chi connectivity index (χ1) is 6.56. The molecule has 1 aromatic rings. The molecule has 78 valence electrons. The standard InChI is InChI=1S/C11H15BrFN/c1-11(13,6-7-14-2)9-4-3-5-10(12)8-9/h3-5,8,14H,6-7H2,1-2H3. The first-order valence-electron chi connectivity index (χ1n) is 4.66. The van der Waals surface area contributed by atoms with Gasteiger partial charge >= 0.3 is 0 Å². The predicted molar refractivity (Wildman–Crippen MR) is 61.1 cm³/mol. The molecule has 0 aromatic heterocycles. The van der Waals surface area contributed by atoms with E-state index in [0.717, 1.165) is 10.0 Å². The van der Waals surface area contributed by atoms with Gasteiger partial charge in [0.2, 0.25) is 0 Å². The first-order valence-corrected chi connectivity index (χ1v) is 5.45. The number of hydrogen-bond acceptors (Lipinski definition) is 1. The van der Waals surface area contributed by atoms with Crippen molar-refractivity contribution in [3.05, 3.63) is 34.3 Å². The normalized spacial score (nSPS) is 15.1. The first kappa shape index (κ1) is 11.7. The molecule has 1 atom stereocenters. The molecule has 14 heavy (non-hydrogen) atoms. The lowest BCUT2D eigenvalue weighted by Gasteiger charge is -2.20. The van der Waals surface area contributed by atoms with Gasteiger partial charge in [-0.2, -0.15) is 0 Å². The quantitative estimate of drug-likeness (QED) is 0.876. The molecule has 0 radical (unpaired) electrons. The molecule has 1 rings (SSSR count). The smallest absolute Gasteiger partial charge is 0.134 e. The summed E-state index contributed by atoms with van der Waals surface area (Å²) in [5, 5.41) is 2.96. The Bertz CT molecular complexity index is 299. The second kappa shape index (κ2) is 4.89. The highest BCUT2D eigenvalue weighted by Crippen LogP contribution is 2.30. The van der Waals surface area contributed by atoms with Crippen LogP contribution in [0.1, 0.15) is 18.9 Å². The average Bonchev–Trinajstić information content (AvgIpc) is 2.15. The zero-order chi connectivity index (χ0) is 10.6. The molecule has 0 fully saturated rings.